The Kier molecular flexibility index (Phi) is 6.35. The lowest BCUT2D eigenvalue weighted by Gasteiger charge is -2.31. The topological polar surface area (TPSA) is 88.1 Å². The first kappa shape index (κ1) is 20.4. The molecular formula is C21H20ClN5O2S. The Morgan fingerprint density at radius 2 is 2.03 bits per heavy atom. The van der Waals surface area contributed by atoms with Crippen LogP contribution in [0, 0.1) is 0 Å². The van der Waals surface area contributed by atoms with Gasteiger partial charge < -0.3 is 5.32 Å². The molecule has 0 radical (unpaired) electrons. The van der Waals surface area contributed by atoms with Crippen molar-refractivity contribution >= 4 is 40.6 Å². The van der Waals surface area contributed by atoms with Crippen molar-refractivity contribution in [1.29, 1.82) is 0 Å². The van der Waals surface area contributed by atoms with Gasteiger partial charge in [-0.05, 0) is 48.6 Å². The largest absolute Gasteiger partial charge is 0.351 e. The van der Waals surface area contributed by atoms with E-state index in [1.165, 1.54) is 4.90 Å². The Morgan fingerprint density at radius 3 is 2.70 bits per heavy atom. The molecule has 1 aliphatic rings. The van der Waals surface area contributed by atoms with Crippen LogP contribution in [0.2, 0.25) is 5.02 Å². The van der Waals surface area contributed by atoms with Crippen LogP contribution in [0.5, 0.6) is 0 Å². The molecule has 30 heavy (non-hydrogen) atoms. The van der Waals surface area contributed by atoms with Crippen molar-refractivity contribution < 1.29 is 9.59 Å². The molecule has 3 aromatic rings. The van der Waals surface area contributed by atoms with Gasteiger partial charge in [0.15, 0.2) is 5.69 Å². The first-order valence-corrected chi connectivity index (χ1v) is 10.9. The molecule has 154 valence electrons. The van der Waals surface area contributed by atoms with Crippen molar-refractivity contribution in [2.45, 2.75) is 37.8 Å². The van der Waals surface area contributed by atoms with E-state index in [0.717, 1.165) is 37.2 Å². The molecule has 1 saturated carbocycles. The molecule has 0 spiro atoms. The summed E-state index contributed by atoms with van der Waals surface area (Å²) >= 11 is 7.29. The van der Waals surface area contributed by atoms with Crippen molar-refractivity contribution in [3.8, 4) is 0 Å². The normalized spacial score (nSPS) is 15.0. The SMILES string of the molecule is O=C(NC1CCCC1)C(c1cccnc1)N(C(=O)c1csnn1)c1cccc(Cl)c1. The van der Waals surface area contributed by atoms with Crippen molar-refractivity contribution in [1.82, 2.24) is 19.9 Å². The lowest BCUT2D eigenvalue weighted by molar-refractivity contribution is -0.123. The highest BCUT2D eigenvalue weighted by Crippen LogP contribution is 2.31. The summed E-state index contributed by atoms with van der Waals surface area (Å²) in [7, 11) is 0. The number of nitrogens with zero attached hydrogens (tertiary/aromatic N) is 4. The Morgan fingerprint density at radius 1 is 1.20 bits per heavy atom. The summed E-state index contributed by atoms with van der Waals surface area (Å²) in [4.78, 5) is 32.5. The fourth-order valence-electron chi connectivity index (χ4n) is 3.70. The predicted molar refractivity (Wildman–Crippen MR) is 116 cm³/mol. The minimum atomic E-state index is -0.924. The molecule has 7 nitrogen and oxygen atoms in total. The molecule has 1 aliphatic carbocycles. The summed E-state index contributed by atoms with van der Waals surface area (Å²) in [5.74, 6) is -0.687. The van der Waals surface area contributed by atoms with Gasteiger partial charge in [-0.3, -0.25) is 19.5 Å². The number of anilines is 1. The van der Waals surface area contributed by atoms with Crippen molar-refractivity contribution in [3.63, 3.8) is 0 Å². The summed E-state index contributed by atoms with van der Waals surface area (Å²) in [6.07, 6.45) is 7.28. The summed E-state index contributed by atoms with van der Waals surface area (Å²) in [6, 6.07) is 9.58. The standard InChI is InChI=1S/C21H20ClN5O2S/c22-15-6-3-9-17(11-15)27(21(29)18-13-30-26-25-18)19(14-5-4-10-23-12-14)20(28)24-16-7-1-2-8-16/h3-6,9-13,16,19H,1-2,7-8H2,(H,24,28). The second kappa shape index (κ2) is 9.32. The number of hydrogen-bond donors (Lipinski definition) is 1. The molecule has 1 unspecified atom stereocenters. The minimum absolute atomic E-state index is 0.105. The van der Waals surface area contributed by atoms with Crippen LogP contribution < -0.4 is 10.2 Å². The van der Waals surface area contributed by atoms with Gasteiger partial charge in [0, 0.05) is 40.1 Å². The van der Waals surface area contributed by atoms with Crippen LogP contribution in [0.15, 0.2) is 54.2 Å². The van der Waals surface area contributed by atoms with E-state index in [4.69, 9.17) is 11.6 Å². The quantitative estimate of drug-likeness (QED) is 0.623. The van der Waals surface area contributed by atoms with Crippen LogP contribution in [0.3, 0.4) is 0 Å². The van der Waals surface area contributed by atoms with E-state index in [1.54, 1.807) is 54.2 Å². The van der Waals surface area contributed by atoms with Crippen LogP contribution in [0.1, 0.15) is 47.8 Å². The third-order valence-corrected chi connectivity index (χ3v) is 5.83. The molecule has 0 saturated heterocycles. The van der Waals surface area contributed by atoms with E-state index in [9.17, 15) is 9.59 Å². The second-order valence-corrected chi connectivity index (χ2v) is 8.17. The van der Waals surface area contributed by atoms with Gasteiger partial charge >= 0.3 is 0 Å². The summed E-state index contributed by atoms with van der Waals surface area (Å²) in [5, 5.41) is 9.06. The van der Waals surface area contributed by atoms with Crippen molar-refractivity contribution in [3.05, 3.63) is 70.5 Å². The minimum Gasteiger partial charge on any atom is -0.351 e. The van der Waals surface area contributed by atoms with Gasteiger partial charge in [0.05, 0.1) is 0 Å². The maximum atomic E-state index is 13.5. The third kappa shape index (κ3) is 4.49. The number of aromatic nitrogens is 3. The van der Waals surface area contributed by atoms with Crippen molar-refractivity contribution in [2.24, 2.45) is 0 Å². The number of nitrogens with one attached hydrogen (secondary N) is 1. The monoisotopic (exact) mass is 441 g/mol. The lowest BCUT2D eigenvalue weighted by Crippen LogP contribution is -2.46. The average Bonchev–Trinajstić information content (AvgIpc) is 3.46. The molecule has 1 fully saturated rings. The van der Waals surface area contributed by atoms with Gasteiger partial charge in [0.25, 0.3) is 5.91 Å². The number of carbonyl (C=O) groups excluding carboxylic acids is 2. The summed E-state index contributed by atoms with van der Waals surface area (Å²) in [5.41, 5.74) is 1.27. The third-order valence-electron chi connectivity index (χ3n) is 5.09. The highest BCUT2D eigenvalue weighted by Gasteiger charge is 2.35. The molecule has 0 bridgehead atoms. The Hall–Kier alpha value is -2.84. The van der Waals surface area contributed by atoms with Gasteiger partial charge in [0.2, 0.25) is 5.91 Å². The van der Waals surface area contributed by atoms with E-state index >= 15 is 0 Å². The maximum absolute atomic E-state index is 13.5. The average molecular weight is 442 g/mol. The number of halogens is 1. The van der Waals surface area contributed by atoms with Crippen LogP contribution >= 0.6 is 23.1 Å². The van der Waals surface area contributed by atoms with Crippen LogP contribution in [0.4, 0.5) is 5.69 Å². The second-order valence-electron chi connectivity index (χ2n) is 7.12. The molecule has 2 amide bonds. The Labute approximate surface area is 183 Å². The number of hydrogen-bond acceptors (Lipinski definition) is 6. The van der Waals surface area contributed by atoms with E-state index in [1.807, 2.05) is 0 Å². The molecule has 4 rings (SSSR count). The van der Waals surface area contributed by atoms with Crippen molar-refractivity contribution in [2.75, 3.05) is 4.90 Å². The molecule has 1 N–H and O–H groups in total. The van der Waals surface area contributed by atoms with Crippen LogP contribution in [-0.2, 0) is 4.79 Å². The summed E-state index contributed by atoms with van der Waals surface area (Å²) in [6.45, 7) is 0. The lowest BCUT2D eigenvalue weighted by atomic mass is 10.0. The molecule has 0 aliphatic heterocycles. The molecule has 2 aromatic heterocycles. The van der Waals surface area contributed by atoms with E-state index in [2.05, 4.69) is 19.9 Å². The Bertz CT molecular complexity index is 1010. The molecule has 2 heterocycles. The van der Waals surface area contributed by atoms with E-state index in [-0.39, 0.29) is 17.6 Å². The van der Waals surface area contributed by atoms with Gasteiger partial charge in [-0.15, -0.1) is 5.10 Å². The van der Waals surface area contributed by atoms with E-state index in [0.29, 0.717) is 16.3 Å². The first-order valence-electron chi connectivity index (χ1n) is 9.70. The maximum Gasteiger partial charge on any atom is 0.280 e. The van der Waals surface area contributed by atoms with Gasteiger partial charge in [-0.2, -0.15) is 0 Å². The fourth-order valence-corrected chi connectivity index (χ4v) is 4.31. The smallest absolute Gasteiger partial charge is 0.280 e. The zero-order chi connectivity index (χ0) is 20.9. The van der Waals surface area contributed by atoms with Gasteiger partial charge in [-0.1, -0.05) is 41.1 Å². The zero-order valence-electron chi connectivity index (χ0n) is 16.1. The predicted octanol–water partition coefficient (Wildman–Crippen LogP) is 4.03. The molecular weight excluding hydrogens is 422 g/mol. The van der Waals surface area contributed by atoms with Gasteiger partial charge in [-0.25, -0.2) is 0 Å². The molecule has 1 aromatic carbocycles. The van der Waals surface area contributed by atoms with Crippen LogP contribution in [0.25, 0.3) is 0 Å². The summed E-state index contributed by atoms with van der Waals surface area (Å²) < 4.78 is 3.80. The Balaban J connectivity index is 1.79. The first-order chi connectivity index (χ1) is 14.6. The van der Waals surface area contributed by atoms with Crippen LogP contribution in [-0.4, -0.2) is 32.4 Å². The number of carbonyl (C=O) groups is 2. The van der Waals surface area contributed by atoms with E-state index < -0.39 is 11.9 Å². The fraction of sp³-hybridized carbons (Fsp3) is 0.286. The number of pyridine rings is 1. The highest BCUT2D eigenvalue weighted by molar-refractivity contribution is 7.03. The number of benzene rings is 1. The number of rotatable bonds is 6. The zero-order valence-corrected chi connectivity index (χ0v) is 17.6. The molecule has 9 heteroatoms. The highest BCUT2D eigenvalue weighted by atomic mass is 35.5. The number of amides is 2. The van der Waals surface area contributed by atoms with Gasteiger partial charge in [0.1, 0.15) is 6.04 Å². The molecule has 1 atom stereocenters.